The van der Waals surface area contributed by atoms with Crippen LogP contribution < -0.4 is 0 Å². The Bertz CT molecular complexity index is 596. The van der Waals surface area contributed by atoms with Gasteiger partial charge in [0.2, 0.25) is 0 Å². The highest BCUT2D eigenvalue weighted by atomic mass is 16.3. The molecule has 0 aliphatic carbocycles. The molecule has 0 bridgehead atoms. The van der Waals surface area contributed by atoms with Gasteiger partial charge in [0.05, 0.1) is 12.9 Å². The van der Waals surface area contributed by atoms with Crippen molar-refractivity contribution < 1.29 is 14.0 Å². The third-order valence-electron chi connectivity index (χ3n) is 3.14. The number of hydrogen-bond donors (Lipinski definition) is 0. The van der Waals surface area contributed by atoms with E-state index in [0.29, 0.717) is 18.8 Å². The van der Waals surface area contributed by atoms with Crippen LogP contribution in [0.4, 0.5) is 0 Å². The average Bonchev–Trinajstić information content (AvgIpc) is 3.01. The number of carbonyl (C=O) groups is 2. The fraction of sp³-hybridized carbons (Fsp3) is 0.176. The molecule has 0 atom stereocenters. The maximum absolute atomic E-state index is 12.3. The second-order valence-corrected chi connectivity index (χ2v) is 4.73. The molecule has 5 nitrogen and oxygen atoms in total. The van der Waals surface area contributed by atoms with E-state index in [9.17, 15) is 9.59 Å². The van der Waals surface area contributed by atoms with Crippen LogP contribution >= 0.6 is 0 Å². The molecule has 0 spiro atoms. The predicted octanol–water partition coefficient (Wildman–Crippen LogP) is 2.22. The number of allylic oxidation sites excluding steroid dienone is 2. The molecule has 22 heavy (non-hydrogen) atoms. The minimum Gasteiger partial charge on any atom is -0.465 e. The molecule has 1 aromatic heterocycles. The Morgan fingerprint density at radius 2 is 1.77 bits per heavy atom. The second kappa shape index (κ2) is 7.26. The summed E-state index contributed by atoms with van der Waals surface area (Å²) in [5.74, 6) is 0.0575. The number of amides is 2. The van der Waals surface area contributed by atoms with Crippen LogP contribution in [0.2, 0.25) is 0 Å². The van der Waals surface area contributed by atoms with Crippen LogP contribution in [0, 0.1) is 0 Å². The van der Waals surface area contributed by atoms with Crippen LogP contribution in [-0.2, 0) is 9.59 Å². The standard InChI is InChI=1S/C17H18N2O3/c1-3-10-18-13-19(11-4-2)17(21)15(16(18)20)9-5-7-14-8-6-12-22-14/h3-9,12H,1-2,10-11,13H2. The van der Waals surface area contributed by atoms with E-state index in [4.69, 9.17) is 4.42 Å². The lowest BCUT2D eigenvalue weighted by atomic mass is 10.1. The molecule has 2 heterocycles. The molecule has 1 fully saturated rings. The summed E-state index contributed by atoms with van der Waals surface area (Å²) in [5, 5.41) is 0. The van der Waals surface area contributed by atoms with E-state index < -0.39 is 0 Å². The van der Waals surface area contributed by atoms with Gasteiger partial charge in [-0.25, -0.2) is 0 Å². The number of hydrogen-bond acceptors (Lipinski definition) is 3. The predicted molar refractivity (Wildman–Crippen MR) is 84.5 cm³/mol. The third kappa shape index (κ3) is 3.44. The number of carbonyl (C=O) groups excluding carboxylic acids is 2. The summed E-state index contributed by atoms with van der Waals surface area (Å²) in [6.07, 6.45) is 9.66. The van der Waals surface area contributed by atoms with Gasteiger partial charge in [-0.3, -0.25) is 9.59 Å². The van der Waals surface area contributed by atoms with Crippen LogP contribution in [0.3, 0.4) is 0 Å². The van der Waals surface area contributed by atoms with E-state index in [2.05, 4.69) is 13.2 Å². The Balaban J connectivity index is 2.24. The van der Waals surface area contributed by atoms with E-state index in [1.165, 1.54) is 6.08 Å². The van der Waals surface area contributed by atoms with Gasteiger partial charge in [-0.1, -0.05) is 18.2 Å². The zero-order chi connectivity index (χ0) is 15.9. The quantitative estimate of drug-likeness (QED) is 0.460. The molecule has 1 aromatic rings. The number of furan rings is 1. The van der Waals surface area contributed by atoms with Crippen molar-refractivity contribution >= 4 is 17.9 Å². The topological polar surface area (TPSA) is 53.8 Å². The molecule has 0 N–H and O–H groups in total. The third-order valence-corrected chi connectivity index (χ3v) is 3.14. The second-order valence-electron chi connectivity index (χ2n) is 4.73. The van der Waals surface area contributed by atoms with E-state index in [1.54, 1.807) is 52.5 Å². The molecular formula is C17H18N2O3. The lowest BCUT2D eigenvalue weighted by Crippen LogP contribution is -2.52. The lowest BCUT2D eigenvalue weighted by Gasteiger charge is -2.35. The van der Waals surface area contributed by atoms with E-state index in [0.717, 1.165) is 0 Å². The van der Waals surface area contributed by atoms with Crippen LogP contribution in [0.15, 0.2) is 65.8 Å². The van der Waals surface area contributed by atoms with Crippen molar-refractivity contribution in [3.8, 4) is 0 Å². The van der Waals surface area contributed by atoms with Gasteiger partial charge in [-0.05, 0) is 24.3 Å². The summed E-state index contributed by atoms with van der Waals surface area (Å²) >= 11 is 0. The Kier molecular flexibility index (Phi) is 5.14. The van der Waals surface area contributed by atoms with E-state index in [1.807, 2.05) is 0 Å². The molecule has 1 saturated heterocycles. The molecule has 0 radical (unpaired) electrons. The summed E-state index contributed by atoms with van der Waals surface area (Å²) in [6, 6.07) is 3.55. The molecule has 5 heteroatoms. The Hall–Kier alpha value is -2.82. The van der Waals surface area contributed by atoms with Crippen LogP contribution in [0.25, 0.3) is 6.08 Å². The van der Waals surface area contributed by atoms with Gasteiger partial charge in [0.1, 0.15) is 11.3 Å². The monoisotopic (exact) mass is 298 g/mol. The van der Waals surface area contributed by atoms with Crippen molar-refractivity contribution in [1.82, 2.24) is 9.80 Å². The van der Waals surface area contributed by atoms with Crippen LogP contribution in [0.5, 0.6) is 0 Å². The molecule has 114 valence electrons. The van der Waals surface area contributed by atoms with Crippen LogP contribution in [-0.4, -0.2) is 41.4 Å². The van der Waals surface area contributed by atoms with Gasteiger partial charge in [0.15, 0.2) is 0 Å². The summed E-state index contributed by atoms with van der Waals surface area (Å²) in [4.78, 5) is 27.8. The normalized spacial score (nSPS) is 15.5. The molecule has 2 rings (SSSR count). The highest BCUT2D eigenvalue weighted by Gasteiger charge is 2.33. The first-order chi connectivity index (χ1) is 10.7. The fourth-order valence-electron chi connectivity index (χ4n) is 2.13. The highest BCUT2D eigenvalue weighted by molar-refractivity contribution is 6.20. The Morgan fingerprint density at radius 1 is 1.14 bits per heavy atom. The summed E-state index contributed by atoms with van der Waals surface area (Å²) < 4.78 is 5.16. The summed E-state index contributed by atoms with van der Waals surface area (Å²) in [7, 11) is 0. The molecule has 0 aromatic carbocycles. The largest absolute Gasteiger partial charge is 0.465 e. The lowest BCUT2D eigenvalue weighted by molar-refractivity contribution is -0.143. The van der Waals surface area contributed by atoms with E-state index >= 15 is 0 Å². The average molecular weight is 298 g/mol. The van der Waals surface area contributed by atoms with Crippen molar-refractivity contribution in [2.24, 2.45) is 0 Å². The van der Waals surface area contributed by atoms with Crippen molar-refractivity contribution in [1.29, 1.82) is 0 Å². The number of rotatable bonds is 6. The molecule has 1 aliphatic rings. The van der Waals surface area contributed by atoms with Gasteiger partial charge in [-0.15, -0.1) is 13.2 Å². The molecule has 2 amide bonds. The summed E-state index contributed by atoms with van der Waals surface area (Å²) in [6.45, 7) is 8.29. The Labute approximate surface area is 129 Å². The van der Waals surface area contributed by atoms with Gasteiger partial charge < -0.3 is 14.2 Å². The van der Waals surface area contributed by atoms with Gasteiger partial charge in [0.25, 0.3) is 11.8 Å². The van der Waals surface area contributed by atoms with Crippen molar-refractivity contribution in [2.45, 2.75) is 0 Å². The first-order valence-electron chi connectivity index (χ1n) is 6.89. The number of nitrogens with zero attached hydrogens (tertiary/aromatic N) is 2. The Morgan fingerprint density at radius 3 is 2.27 bits per heavy atom. The van der Waals surface area contributed by atoms with Crippen molar-refractivity contribution in [3.05, 3.63) is 67.2 Å². The maximum Gasteiger partial charge on any atom is 0.261 e. The highest BCUT2D eigenvalue weighted by Crippen LogP contribution is 2.16. The van der Waals surface area contributed by atoms with Gasteiger partial charge >= 0.3 is 0 Å². The van der Waals surface area contributed by atoms with Crippen molar-refractivity contribution in [2.75, 3.05) is 19.8 Å². The SMILES string of the molecule is C=CCN1CN(CC=C)C(=O)C(=CC=Cc2ccco2)C1=O. The molecular weight excluding hydrogens is 280 g/mol. The first kappa shape index (κ1) is 15.6. The van der Waals surface area contributed by atoms with Crippen molar-refractivity contribution in [3.63, 3.8) is 0 Å². The minimum absolute atomic E-state index is 0.123. The zero-order valence-corrected chi connectivity index (χ0v) is 12.3. The van der Waals surface area contributed by atoms with Gasteiger partial charge in [-0.2, -0.15) is 0 Å². The smallest absolute Gasteiger partial charge is 0.261 e. The maximum atomic E-state index is 12.3. The minimum atomic E-state index is -0.297. The fourth-order valence-corrected chi connectivity index (χ4v) is 2.13. The van der Waals surface area contributed by atoms with E-state index in [-0.39, 0.29) is 24.1 Å². The first-order valence-corrected chi connectivity index (χ1v) is 6.89. The molecule has 0 unspecified atom stereocenters. The molecule has 1 aliphatic heterocycles. The molecule has 0 saturated carbocycles. The van der Waals surface area contributed by atoms with Gasteiger partial charge in [0, 0.05) is 13.1 Å². The zero-order valence-electron chi connectivity index (χ0n) is 12.3. The summed E-state index contributed by atoms with van der Waals surface area (Å²) in [5.41, 5.74) is 0.123. The van der Waals surface area contributed by atoms with Crippen LogP contribution in [0.1, 0.15) is 5.76 Å².